The van der Waals surface area contributed by atoms with Gasteiger partial charge in [0.2, 0.25) is 6.29 Å². The molecule has 2 spiro atoms. The van der Waals surface area contributed by atoms with Gasteiger partial charge in [0.05, 0.1) is 10.8 Å². The van der Waals surface area contributed by atoms with Crippen LogP contribution in [0.3, 0.4) is 0 Å². The van der Waals surface area contributed by atoms with Gasteiger partial charge in [-0.05, 0) is 25.0 Å². The minimum atomic E-state index is -5.57. The van der Waals surface area contributed by atoms with Gasteiger partial charge in [-0.2, -0.15) is 21.6 Å². The van der Waals surface area contributed by atoms with E-state index in [2.05, 4.69) is 0 Å². The Balaban J connectivity index is 2.00. The third-order valence-electron chi connectivity index (χ3n) is 5.12. The topological polar surface area (TPSA) is 83.9 Å². The average Bonchev–Trinajstić information content (AvgIpc) is 2.70. The zero-order valence-corrected chi connectivity index (χ0v) is 13.3. The van der Waals surface area contributed by atoms with Crippen LogP contribution in [0.5, 0.6) is 0 Å². The van der Waals surface area contributed by atoms with E-state index in [4.69, 9.17) is 4.74 Å². The number of sulfonamides is 1. The molecule has 0 bridgehead atoms. The number of fused-ring (bicyclic) bond motifs is 1. The molecule has 2 aliphatic heterocycles. The van der Waals surface area contributed by atoms with Crippen molar-refractivity contribution in [3.05, 3.63) is 24.6 Å². The summed E-state index contributed by atoms with van der Waals surface area (Å²) in [6.45, 7) is 0. The van der Waals surface area contributed by atoms with E-state index in [1.54, 1.807) is 0 Å². The van der Waals surface area contributed by atoms with Gasteiger partial charge < -0.3 is 9.84 Å². The Morgan fingerprint density at radius 2 is 1.71 bits per heavy atom. The van der Waals surface area contributed by atoms with Crippen molar-refractivity contribution < 1.29 is 36.2 Å². The molecule has 0 aromatic heterocycles. The van der Waals surface area contributed by atoms with Crippen LogP contribution in [0.4, 0.5) is 13.2 Å². The van der Waals surface area contributed by atoms with Crippen LogP contribution in [-0.4, -0.2) is 35.6 Å². The van der Waals surface area contributed by atoms with Crippen molar-refractivity contribution >= 4 is 16.0 Å². The van der Waals surface area contributed by atoms with Gasteiger partial charge >= 0.3 is 21.5 Å². The summed E-state index contributed by atoms with van der Waals surface area (Å²) in [5.41, 5.74) is -7.89. The van der Waals surface area contributed by atoms with Gasteiger partial charge in [0.1, 0.15) is 0 Å². The molecular formula is C14H16F3NO5S. The molecule has 3 rings (SSSR count). The number of alkyl halides is 3. The molecule has 24 heavy (non-hydrogen) atoms. The van der Waals surface area contributed by atoms with Crippen LogP contribution in [-0.2, 0) is 19.6 Å². The van der Waals surface area contributed by atoms with Crippen LogP contribution >= 0.6 is 0 Å². The molecule has 1 atom stereocenters. The highest BCUT2D eigenvalue weighted by Crippen LogP contribution is 2.59. The van der Waals surface area contributed by atoms with Crippen LogP contribution in [0.15, 0.2) is 24.6 Å². The van der Waals surface area contributed by atoms with Crippen molar-refractivity contribution in [2.24, 2.45) is 10.8 Å². The first-order chi connectivity index (χ1) is 11.1. The fourth-order valence-corrected chi connectivity index (χ4v) is 4.46. The van der Waals surface area contributed by atoms with E-state index in [1.807, 2.05) is 0 Å². The molecule has 1 saturated carbocycles. The van der Waals surface area contributed by atoms with Crippen LogP contribution in [0, 0.1) is 10.8 Å². The van der Waals surface area contributed by atoms with E-state index in [1.165, 1.54) is 0 Å². The lowest BCUT2D eigenvalue weighted by Crippen LogP contribution is -2.47. The highest BCUT2D eigenvalue weighted by molar-refractivity contribution is 7.90. The lowest BCUT2D eigenvalue weighted by Gasteiger charge is -2.43. The zero-order valence-electron chi connectivity index (χ0n) is 12.5. The maximum atomic E-state index is 12.6. The molecule has 10 heteroatoms. The van der Waals surface area contributed by atoms with Crippen LogP contribution in [0.1, 0.15) is 32.1 Å². The highest BCUT2D eigenvalue weighted by Gasteiger charge is 2.66. The molecule has 1 N–H and O–H groups in total. The van der Waals surface area contributed by atoms with Crippen molar-refractivity contribution in [3.8, 4) is 0 Å². The third-order valence-corrected chi connectivity index (χ3v) is 6.50. The van der Waals surface area contributed by atoms with E-state index in [-0.39, 0.29) is 4.31 Å². The predicted molar refractivity (Wildman–Crippen MR) is 75.1 cm³/mol. The van der Waals surface area contributed by atoms with Gasteiger partial charge in [0, 0.05) is 12.4 Å². The number of hydrogen-bond donors (Lipinski definition) is 1. The molecule has 3 aliphatic rings. The summed E-state index contributed by atoms with van der Waals surface area (Å²) >= 11 is 0. The Kier molecular flexibility index (Phi) is 3.76. The fraction of sp³-hybridized carbons (Fsp3) is 0.643. The molecule has 0 aromatic rings. The summed E-state index contributed by atoms with van der Waals surface area (Å²) in [6.07, 6.45) is 5.34. The minimum Gasteiger partial charge on any atom is -0.434 e. The standard InChI is InChI=1S/C14H16F3NO5S/c15-14(16,17)24(21,22)18-8-6-13(7-9-18)11(20)23-10(19)12(13)4-2-1-3-5-12/h6-9,11,20H,1-5H2. The van der Waals surface area contributed by atoms with Gasteiger partial charge in [-0.1, -0.05) is 19.3 Å². The normalized spacial score (nSPS) is 28.6. The number of halogens is 3. The number of rotatable bonds is 1. The summed E-state index contributed by atoms with van der Waals surface area (Å²) < 4.78 is 65.9. The van der Waals surface area contributed by atoms with E-state index in [0.29, 0.717) is 12.8 Å². The van der Waals surface area contributed by atoms with Crippen molar-refractivity contribution in [2.45, 2.75) is 43.9 Å². The second-order valence-corrected chi connectivity index (χ2v) is 8.08. The Morgan fingerprint density at radius 3 is 2.21 bits per heavy atom. The molecule has 1 saturated heterocycles. The highest BCUT2D eigenvalue weighted by atomic mass is 32.2. The monoisotopic (exact) mass is 367 g/mol. The first-order valence-electron chi connectivity index (χ1n) is 7.45. The SMILES string of the molecule is O=C1OC(O)C2(C=CN(S(=O)(=O)C(F)(F)F)C=C2)C12CCCCC2. The van der Waals surface area contributed by atoms with Crippen molar-refractivity contribution in [3.63, 3.8) is 0 Å². The van der Waals surface area contributed by atoms with Crippen molar-refractivity contribution in [1.29, 1.82) is 0 Å². The van der Waals surface area contributed by atoms with Crippen molar-refractivity contribution in [1.82, 2.24) is 4.31 Å². The van der Waals surface area contributed by atoms with Gasteiger partial charge in [0.15, 0.2) is 0 Å². The molecular weight excluding hydrogens is 351 g/mol. The maximum absolute atomic E-state index is 12.6. The number of carbonyl (C=O) groups excluding carboxylic acids is 1. The Labute approximate surface area is 136 Å². The van der Waals surface area contributed by atoms with Gasteiger partial charge in [-0.15, -0.1) is 0 Å². The second-order valence-electron chi connectivity index (χ2n) is 6.25. The third kappa shape index (κ3) is 2.12. The first-order valence-corrected chi connectivity index (χ1v) is 8.89. The molecule has 2 heterocycles. The Bertz CT molecular complexity index is 692. The lowest BCUT2D eigenvalue weighted by atomic mass is 9.57. The molecule has 134 valence electrons. The summed E-state index contributed by atoms with van der Waals surface area (Å²) in [6, 6.07) is 0. The molecule has 0 aromatic carbocycles. The lowest BCUT2D eigenvalue weighted by molar-refractivity contribution is -0.160. The summed E-state index contributed by atoms with van der Waals surface area (Å²) in [5, 5.41) is 10.2. The van der Waals surface area contributed by atoms with E-state index < -0.39 is 38.6 Å². The molecule has 6 nitrogen and oxygen atoms in total. The van der Waals surface area contributed by atoms with E-state index >= 15 is 0 Å². The zero-order chi connectivity index (χ0) is 17.8. The Morgan fingerprint density at radius 1 is 1.17 bits per heavy atom. The van der Waals surface area contributed by atoms with E-state index in [0.717, 1.165) is 43.8 Å². The van der Waals surface area contributed by atoms with Crippen molar-refractivity contribution in [2.75, 3.05) is 0 Å². The summed E-state index contributed by atoms with van der Waals surface area (Å²) in [7, 11) is -5.57. The van der Waals surface area contributed by atoms with Crippen LogP contribution < -0.4 is 0 Å². The van der Waals surface area contributed by atoms with Gasteiger partial charge in [-0.3, -0.25) is 4.79 Å². The Hall–Kier alpha value is -1.55. The molecule has 0 radical (unpaired) electrons. The smallest absolute Gasteiger partial charge is 0.434 e. The number of ether oxygens (including phenoxy) is 1. The fourth-order valence-electron chi connectivity index (χ4n) is 3.78. The quantitative estimate of drug-likeness (QED) is 0.717. The van der Waals surface area contributed by atoms with Crippen LogP contribution in [0.25, 0.3) is 0 Å². The molecule has 1 aliphatic carbocycles. The largest absolute Gasteiger partial charge is 0.517 e. The maximum Gasteiger partial charge on any atom is 0.517 e. The number of esters is 1. The van der Waals surface area contributed by atoms with Gasteiger partial charge in [-0.25, -0.2) is 4.31 Å². The first kappa shape index (κ1) is 17.3. The average molecular weight is 367 g/mol. The molecule has 0 amide bonds. The number of cyclic esters (lactones) is 1. The minimum absolute atomic E-state index is 0.0320. The number of aliphatic hydroxyl groups excluding tert-OH is 1. The molecule has 2 fully saturated rings. The number of aliphatic hydroxyl groups is 1. The predicted octanol–water partition coefficient (Wildman–Crippen LogP) is 1.99. The van der Waals surface area contributed by atoms with Gasteiger partial charge in [0.25, 0.3) is 0 Å². The van der Waals surface area contributed by atoms with E-state index in [9.17, 15) is 31.5 Å². The van der Waals surface area contributed by atoms with Crippen LogP contribution in [0.2, 0.25) is 0 Å². The number of nitrogens with zero attached hydrogens (tertiary/aromatic N) is 1. The molecule has 1 unspecified atom stereocenters. The summed E-state index contributed by atoms with van der Waals surface area (Å²) in [4.78, 5) is 12.3. The summed E-state index contributed by atoms with van der Waals surface area (Å²) in [5.74, 6) is -0.601. The number of hydrogen-bond acceptors (Lipinski definition) is 5. The number of carbonyl (C=O) groups is 1. The second kappa shape index (κ2) is 5.22.